The number of hydrogen-bond donors (Lipinski definition) is 2. The number of ether oxygens (including phenoxy) is 1. The summed E-state index contributed by atoms with van der Waals surface area (Å²) >= 11 is 0. The normalized spacial score (nSPS) is 17.7. The van der Waals surface area contributed by atoms with Gasteiger partial charge in [-0.3, -0.25) is 9.89 Å². The third kappa shape index (κ3) is 10.4. The molecule has 0 amide bonds. The minimum absolute atomic E-state index is 0. The smallest absolute Gasteiger partial charge is 0.191 e. The topological polar surface area (TPSA) is 48.9 Å². The highest BCUT2D eigenvalue weighted by atomic mass is 127. The van der Waals surface area contributed by atoms with E-state index in [9.17, 15) is 0 Å². The second-order valence-corrected chi connectivity index (χ2v) is 6.43. The molecule has 2 N–H and O–H groups in total. The van der Waals surface area contributed by atoms with Crippen LogP contribution in [-0.4, -0.2) is 62.8 Å². The average molecular weight is 440 g/mol. The van der Waals surface area contributed by atoms with Crippen molar-refractivity contribution in [3.63, 3.8) is 0 Å². The quantitative estimate of drug-likeness (QED) is 0.251. The van der Waals surface area contributed by atoms with E-state index < -0.39 is 0 Å². The number of rotatable bonds is 9. The maximum atomic E-state index is 5.48. The Balaban J connectivity index is 0.00000484. The second kappa shape index (κ2) is 14.3. The molecule has 23 heavy (non-hydrogen) atoms. The highest BCUT2D eigenvalue weighted by Crippen LogP contribution is 2.14. The molecular formula is C17H37IN4O. The first-order valence-electron chi connectivity index (χ1n) is 9.01. The van der Waals surface area contributed by atoms with E-state index in [1.54, 1.807) is 0 Å². The molecule has 0 aromatic heterocycles. The maximum Gasteiger partial charge on any atom is 0.191 e. The van der Waals surface area contributed by atoms with E-state index in [4.69, 9.17) is 9.73 Å². The Bertz CT molecular complexity index is 307. The van der Waals surface area contributed by atoms with Gasteiger partial charge in [-0.1, -0.05) is 27.2 Å². The van der Waals surface area contributed by atoms with E-state index in [-0.39, 0.29) is 24.0 Å². The number of guanidine groups is 1. The van der Waals surface area contributed by atoms with Crippen molar-refractivity contribution < 1.29 is 4.74 Å². The molecule has 1 saturated heterocycles. The zero-order valence-electron chi connectivity index (χ0n) is 15.4. The van der Waals surface area contributed by atoms with Crippen molar-refractivity contribution in [2.75, 3.05) is 45.9 Å². The van der Waals surface area contributed by atoms with Crippen molar-refractivity contribution >= 4 is 29.9 Å². The number of halogens is 1. The lowest BCUT2D eigenvalue weighted by Crippen LogP contribution is -2.46. The standard InChI is InChI=1S/C17H36N4O.HI/c1-5-7-8-19-17(18-6-2)20-14-16(13-15(3)4)21-9-11-22-12-10-21;/h15-16H,5-14H2,1-4H3,(H2,18,19,20);1H. The molecule has 0 saturated carbocycles. The Hall–Kier alpha value is -0.0800. The molecule has 0 aliphatic carbocycles. The number of unbranched alkanes of at least 4 members (excludes halogenated alkanes) is 1. The summed E-state index contributed by atoms with van der Waals surface area (Å²) in [7, 11) is 0. The Morgan fingerprint density at radius 3 is 2.43 bits per heavy atom. The van der Waals surface area contributed by atoms with Crippen LogP contribution < -0.4 is 10.6 Å². The lowest BCUT2D eigenvalue weighted by Gasteiger charge is -2.34. The van der Waals surface area contributed by atoms with Crippen molar-refractivity contribution in [2.45, 2.75) is 53.0 Å². The molecule has 6 heteroatoms. The number of morpholine rings is 1. The van der Waals surface area contributed by atoms with Gasteiger partial charge in [0.25, 0.3) is 0 Å². The van der Waals surface area contributed by atoms with Crippen LogP contribution in [0.1, 0.15) is 47.0 Å². The fourth-order valence-electron chi connectivity index (χ4n) is 2.75. The second-order valence-electron chi connectivity index (χ2n) is 6.43. The van der Waals surface area contributed by atoms with Crippen LogP contribution in [0.3, 0.4) is 0 Å². The van der Waals surface area contributed by atoms with Gasteiger partial charge < -0.3 is 15.4 Å². The predicted octanol–water partition coefficient (Wildman–Crippen LogP) is 2.71. The molecule has 0 bridgehead atoms. The molecule has 1 aliphatic heterocycles. The molecule has 1 aliphatic rings. The molecule has 0 radical (unpaired) electrons. The minimum atomic E-state index is 0. The van der Waals surface area contributed by atoms with E-state index >= 15 is 0 Å². The molecule has 1 fully saturated rings. The molecule has 0 aromatic rings. The number of aliphatic imine (C=N–C) groups is 1. The number of nitrogens with one attached hydrogen (secondary N) is 2. The van der Waals surface area contributed by atoms with Gasteiger partial charge in [-0.15, -0.1) is 24.0 Å². The molecular weight excluding hydrogens is 403 g/mol. The molecule has 5 nitrogen and oxygen atoms in total. The van der Waals surface area contributed by atoms with Gasteiger partial charge in [0.05, 0.1) is 19.8 Å². The Morgan fingerprint density at radius 1 is 1.17 bits per heavy atom. The van der Waals surface area contributed by atoms with Crippen molar-refractivity contribution in [3.8, 4) is 0 Å². The molecule has 1 unspecified atom stereocenters. The molecule has 0 spiro atoms. The molecule has 0 aromatic carbocycles. The van der Waals surface area contributed by atoms with Crippen LogP contribution in [-0.2, 0) is 4.74 Å². The summed E-state index contributed by atoms with van der Waals surface area (Å²) in [6.45, 7) is 15.5. The first-order valence-corrected chi connectivity index (χ1v) is 9.01. The van der Waals surface area contributed by atoms with Gasteiger partial charge in [-0.25, -0.2) is 0 Å². The lowest BCUT2D eigenvalue weighted by molar-refractivity contribution is 0.0143. The average Bonchev–Trinajstić information content (AvgIpc) is 2.52. The highest BCUT2D eigenvalue weighted by Gasteiger charge is 2.21. The Morgan fingerprint density at radius 2 is 1.87 bits per heavy atom. The van der Waals surface area contributed by atoms with Gasteiger partial charge in [-0.2, -0.15) is 0 Å². The van der Waals surface area contributed by atoms with Crippen LogP contribution in [0, 0.1) is 5.92 Å². The Labute approximate surface area is 160 Å². The SMILES string of the molecule is CCCCNC(=NCC(CC(C)C)N1CCOCC1)NCC.I. The first kappa shape index (κ1) is 22.9. The van der Waals surface area contributed by atoms with Crippen LogP contribution >= 0.6 is 24.0 Å². The van der Waals surface area contributed by atoms with Crippen LogP contribution in [0.2, 0.25) is 0 Å². The van der Waals surface area contributed by atoms with E-state index in [0.717, 1.165) is 51.9 Å². The third-order valence-corrected chi connectivity index (χ3v) is 3.93. The summed E-state index contributed by atoms with van der Waals surface area (Å²) in [5.41, 5.74) is 0. The van der Waals surface area contributed by atoms with E-state index in [1.807, 2.05) is 0 Å². The van der Waals surface area contributed by atoms with Crippen LogP contribution in [0.5, 0.6) is 0 Å². The van der Waals surface area contributed by atoms with Crippen LogP contribution in [0.15, 0.2) is 4.99 Å². The van der Waals surface area contributed by atoms with Gasteiger partial charge in [0.15, 0.2) is 5.96 Å². The molecule has 1 atom stereocenters. The molecule has 1 heterocycles. The number of hydrogen-bond acceptors (Lipinski definition) is 3. The van der Waals surface area contributed by atoms with Crippen LogP contribution in [0.25, 0.3) is 0 Å². The van der Waals surface area contributed by atoms with Gasteiger partial charge in [0, 0.05) is 32.2 Å². The summed E-state index contributed by atoms with van der Waals surface area (Å²) in [5.74, 6) is 1.65. The van der Waals surface area contributed by atoms with Gasteiger partial charge >= 0.3 is 0 Å². The fraction of sp³-hybridized carbons (Fsp3) is 0.941. The van der Waals surface area contributed by atoms with Crippen molar-refractivity contribution in [1.29, 1.82) is 0 Å². The zero-order chi connectivity index (χ0) is 16.2. The van der Waals surface area contributed by atoms with E-state index in [2.05, 4.69) is 43.2 Å². The Kier molecular flexibility index (Phi) is 14.2. The van der Waals surface area contributed by atoms with Crippen molar-refractivity contribution in [3.05, 3.63) is 0 Å². The van der Waals surface area contributed by atoms with Crippen molar-refractivity contribution in [2.24, 2.45) is 10.9 Å². The summed E-state index contributed by atoms with van der Waals surface area (Å²) in [6, 6.07) is 0.519. The fourth-order valence-corrected chi connectivity index (χ4v) is 2.75. The summed E-state index contributed by atoms with van der Waals surface area (Å²) in [5, 5.41) is 6.78. The largest absolute Gasteiger partial charge is 0.379 e. The minimum Gasteiger partial charge on any atom is -0.379 e. The highest BCUT2D eigenvalue weighted by molar-refractivity contribution is 14.0. The lowest BCUT2D eigenvalue weighted by atomic mass is 10.0. The van der Waals surface area contributed by atoms with Gasteiger partial charge in [0.2, 0.25) is 0 Å². The summed E-state index contributed by atoms with van der Waals surface area (Å²) in [6.07, 6.45) is 3.58. The monoisotopic (exact) mass is 440 g/mol. The third-order valence-electron chi connectivity index (χ3n) is 3.93. The van der Waals surface area contributed by atoms with Gasteiger partial charge in [-0.05, 0) is 25.7 Å². The predicted molar refractivity (Wildman–Crippen MR) is 110 cm³/mol. The first-order chi connectivity index (χ1) is 10.7. The summed E-state index contributed by atoms with van der Waals surface area (Å²) in [4.78, 5) is 7.37. The zero-order valence-corrected chi connectivity index (χ0v) is 17.8. The van der Waals surface area contributed by atoms with E-state index in [0.29, 0.717) is 12.0 Å². The van der Waals surface area contributed by atoms with Gasteiger partial charge in [0.1, 0.15) is 0 Å². The maximum absolute atomic E-state index is 5.48. The van der Waals surface area contributed by atoms with E-state index in [1.165, 1.54) is 19.3 Å². The molecule has 1 rings (SSSR count). The number of nitrogens with zero attached hydrogens (tertiary/aromatic N) is 2. The summed E-state index contributed by atoms with van der Waals surface area (Å²) < 4.78 is 5.48. The van der Waals surface area contributed by atoms with Crippen LogP contribution in [0.4, 0.5) is 0 Å². The molecule has 138 valence electrons. The van der Waals surface area contributed by atoms with Crippen molar-refractivity contribution in [1.82, 2.24) is 15.5 Å².